The van der Waals surface area contributed by atoms with Crippen LogP contribution in [0.4, 0.5) is 0 Å². The van der Waals surface area contributed by atoms with Gasteiger partial charge in [-0.15, -0.1) is 0 Å². The van der Waals surface area contributed by atoms with E-state index < -0.39 is 5.41 Å². The number of Topliss-reactive ketones (excluding diaryl/α,β-unsaturated/α-hetero) is 3. The van der Waals surface area contributed by atoms with E-state index in [9.17, 15) is 14.4 Å². The smallest absolute Gasteiger partial charge is 0.155 e. The Bertz CT molecular complexity index is 553. The van der Waals surface area contributed by atoms with Gasteiger partial charge in [-0.3, -0.25) is 14.4 Å². The maximum absolute atomic E-state index is 13.4. The van der Waals surface area contributed by atoms with Gasteiger partial charge in [0.05, 0.1) is 0 Å². The minimum atomic E-state index is -0.449. The van der Waals surface area contributed by atoms with E-state index in [1.165, 1.54) is 0 Å². The first-order valence-electron chi connectivity index (χ1n) is 9.76. The molecule has 0 aromatic heterocycles. The molecule has 0 aliphatic heterocycles. The normalized spacial score (nSPS) is 17.0. The van der Waals surface area contributed by atoms with Crippen LogP contribution in [0.25, 0.3) is 0 Å². The van der Waals surface area contributed by atoms with Crippen molar-refractivity contribution in [3.63, 3.8) is 0 Å². The summed E-state index contributed by atoms with van der Waals surface area (Å²) in [5.41, 5.74) is -0.0377. The highest BCUT2D eigenvalue weighted by Crippen LogP contribution is 2.37. The van der Waals surface area contributed by atoms with Crippen LogP contribution in [-0.2, 0) is 14.4 Å². The number of carbonyl (C=O) groups excluding carboxylic acids is 3. The van der Waals surface area contributed by atoms with Crippen LogP contribution in [-0.4, -0.2) is 17.3 Å². The second-order valence-corrected chi connectivity index (χ2v) is 10.2. The first-order valence-corrected chi connectivity index (χ1v) is 9.76. The molecule has 0 rings (SSSR count). The van der Waals surface area contributed by atoms with Crippen molar-refractivity contribution in [2.75, 3.05) is 0 Å². The van der Waals surface area contributed by atoms with E-state index in [1.807, 2.05) is 54.5 Å². The third-order valence-electron chi connectivity index (χ3n) is 5.41. The summed E-state index contributed by atoms with van der Waals surface area (Å²) < 4.78 is 0. The van der Waals surface area contributed by atoms with Gasteiger partial charge in [0.1, 0.15) is 11.6 Å². The standard InChI is InChI=1S/C23H40O3/c1-14(2)18(12-15(3)17(5)24)16(4)21(26)19(22(6,7)8)13-20(25)23(9,10)11/h12,14,16,18-19H,13H2,1-11H3/b15-12+. The lowest BCUT2D eigenvalue weighted by molar-refractivity contribution is -0.137. The molecule has 3 heteroatoms. The van der Waals surface area contributed by atoms with Crippen molar-refractivity contribution in [2.24, 2.45) is 34.5 Å². The topological polar surface area (TPSA) is 51.2 Å². The zero-order valence-corrected chi connectivity index (χ0v) is 18.8. The van der Waals surface area contributed by atoms with E-state index in [0.29, 0.717) is 5.57 Å². The molecular weight excluding hydrogens is 324 g/mol. The summed E-state index contributed by atoms with van der Waals surface area (Å²) >= 11 is 0. The minimum absolute atomic E-state index is 0.0130. The molecule has 3 unspecified atom stereocenters. The number of hydrogen-bond donors (Lipinski definition) is 0. The van der Waals surface area contributed by atoms with E-state index >= 15 is 0 Å². The molecular formula is C23H40O3. The van der Waals surface area contributed by atoms with Gasteiger partial charge in [-0.2, -0.15) is 0 Å². The van der Waals surface area contributed by atoms with Crippen molar-refractivity contribution < 1.29 is 14.4 Å². The quantitative estimate of drug-likeness (QED) is 0.522. The molecule has 0 saturated carbocycles. The number of allylic oxidation sites excluding steroid dienone is 2. The molecule has 0 heterocycles. The first-order chi connectivity index (χ1) is 11.5. The molecule has 0 spiro atoms. The first kappa shape index (κ1) is 24.8. The number of carbonyl (C=O) groups is 3. The second kappa shape index (κ2) is 9.10. The van der Waals surface area contributed by atoms with Gasteiger partial charge in [-0.05, 0) is 36.7 Å². The van der Waals surface area contributed by atoms with Crippen molar-refractivity contribution in [2.45, 2.75) is 82.6 Å². The van der Waals surface area contributed by atoms with E-state index in [0.717, 1.165) is 0 Å². The fraction of sp³-hybridized carbons (Fsp3) is 0.783. The molecule has 0 radical (unpaired) electrons. The van der Waals surface area contributed by atoms with E-state index in [1.54, 1.807) is 13.8 Å². The van der Waals surface area contributed by atoms with Crippen LogP contribution in [0.5, 0.6) is 0 Å². The number of hydrogen-bond acceptors (Lipinski definition) is 3. The molecule has 0 fully saturated rings. The molecule has 0 N–H and O–H groups in total. The fourth-order valence-corrected chi connectivity index (χ4v) is 3.15. The third kappa shape index (κ3) is 7.17. The van der Waals surface area contributed by atoms with Crippen molar-refractivity contribution >= 4 is 17.3 Å². The van der Waals surface area contributed by atoms with Crippen LogP contribution in [0.1, 0.15) is 82.6 Å². The average molecular weight is 365 g/mol. The van der Waals surface area contributed by atoms with E-state index in [2.05, 4.69) is 13.8 Å². The van der Waals surface area contributed by atoms with Gasteiger partial charge in [0, 0.05) is 23.7 Å². The van der Waals surface area contributed by atoms with Crippen LogP contribution in [0.15, 0.2) is 11.6 Å². The highest BCUT2D eigenvalue weighted by Gasteiger charge is 2.39. The summed E-state index contributed by atoms with van der Waals surface area (Å²) in [7, 11) is 0. The molecule has 0 aromatic rings. The molecule has 0 aliphatic rings. The lowest BCUT2D eigenvalue weighted by Crippen LogP contribution is -2.39. The molecule has 26 heavy (non-hydrogen) atoms. The van der Waals surface area contributed by atoms with E-state index in [4.69, 9.17) is 0 Å². The van der Waals surface area contributed by atoms with Gasteiger partial charge in [-0.25, -0.2) is 0 Å². The summed E-state index contributed by atoms with van der Waals surface area (Å²) in [4.78, 5) is 37.6. The fourth-order valence-electron chi connectivity index (χ4n) is 3.15. The van der Waals surface area contributed by atoms with Gasteiger partial charge in [0.25, 0.3) is 0 Å². The average Bonchev–Trinajstić information content (AvgIpc) is 2.45. The Morgan fingerprint density at radius 3 is 1.65 bits per heavy atom. The maximum atomic E-state index is 13.4. The second-order valence-electron chi connectivity index (χ2n) is 10.2. The van der Waals surface area contributed by atoms with Gasteiger partial charge in [0.15, 0.2) is 5.78 Å². The SMILES string of the molecule is CC(=O)/C(C)=C/C(C(C)C)C(C)C(=O)C(CC(=O)C(C)(C)C)C(C)(C)C. The lowest BCUT2D eigenvalue weighted by atomic mass is 9.67. The van der Waals surface area contributed by atoms with Crippen LogP contribution in [0, 0.1) is 34.5 Å². The summed E-state index contributed by atoms with van der Waals surface area (Å²) in [6, 6.07) is 0. The molecule has 3 atom stereocenters. The molecule has 0 amide bonds. The Kier molecular flexibility index (Phi) is 8.66. The van der Waals surface area contributed by atoms with Gasteiger partial charge >= 0.3 is 0 Å². The van der Waals surface area contributed by atoms with Gasteiger partial charge in [0.2, 0.25) is 0 Å². The molecule has 0 bridgehead atoms. The zero-order chi connectivity index (χ0) is 21.0. The van der Waals surface area contributed by atoms with Crippen LogP contribution >= 0.6 is 0 Å². The molecule has 0 aliphatic carbocycles. The Morgan fingerprint density at radius 1 is 0.885 bits per heavy atom. The van der Waals surface area contributed by atoms with Crippen molar-refractivity contribution in [1.29, 1.82) is 0 Å². The van der Waals surface area contributed by atoms with Crippen molar-refractivity contribution in [1.82, 2.24) is 0 Å². The zero-order valence-electron chi connectivity index (χ0n) is 18.8. The molecule has 0 aromatic carbocycles. The third-order valence-corrected chi connectivity index (χ3v) is 5.41. The van der Waals surface area contributed by atoms with Crippen LogP contribution in [0.3, 0.4) is 0 Å². The maximum Gasteiger partial charge on any atom is 0.155 e. The minimum Gasteiger partial charge on any atom is -0.299 e. The molecule has 150 valence electrons. The molecule has 0 saturated heterocycles. The van der Waals surface area contributed by atoms with E-state index in [-0.39, 0.29) is 52.9 Å². The largest absolute Gasteiger partial charge is 0.299 e. The predicted octanol–water partition coefficient (Wildman–Crippen LogP) is 5.67. The Labute approximate surface area is 161 Å². The van der Waals surface area contributed by atoms with Gasteiger partial charge in [-0.1, -0.05) is 68.4 Å². The Hall–Kier alpha value is -1.25. The number of rotatable bonds is 8. The highest BCUT2D eigenvalue weighted by molar-refractivity contribution is 5.93. The highest BCUT2D eigenvalue weighted by atomic mass is 16.1. The number of ketones is 3. The summed E-state index contributed by atoms with van der Waals surface area (Å²) in [5, 5.41) is 0. The van der Waals surface area contributed by atoms with Crippen molar-refractivity contribution in [3.05, 3.63) is 11.6 Å². The summed E-state index contributed by atoms with van der Waals surface area (Å²) in [6.07, 6.45) is 2.22. The Balaban J connectivity index is 5.77. The summed E-state index contributed by atoms with van der Waals surface area (Å²) in [5.74, 6) is -0.0532. The lowest BCUT2D eigenvalue weighted by Gasteiger charge is -2.35. The van der Waals surface area contributed by atoms with Gasteiger partial charge < -0.3 is 0 Å². The van der Waals surface area contributed by atoms with Crippen LogP contribution in [0.2, 0.25) is 0 Å². The van der Waals surface area contributed by atoms with Crippen molar-refractivity contribution in [3.8, 4) is 0 Å². The Morgan fingerprint density at radius 2 is 1.35 bits per heavy atom. The molecule has 3 nitrogen and oxygen atoms in total. The predicted molar refractivity (Wildman–Crippen MR) is 109 cm³/mol. The summed E-state index contributed by atoms with van der Waals surface area (Å²) in [6.45, 7) is 21.2. The monoisotopic (exact) mass is 364 g/mol. The van der Waals surface area contributed by atoms with Crippen LogP contribution < -0.4 is 0 Å².